The van der Waals surface area contributed by atoms with Crippen molar-refractivity contribution >= 4 is 5.91 Å². The minimum absolute atomic E-state index is 0.0475. The number of fused-ring (bicyclic) bond motifs is 1. The number of hydrogen-bond acceptors (Lipinski definition) is 4. The highest BCUT2D eigenvalue weighted by Gasteiger charge is 2.24. The van der Waals surface area contributed by atoms with Crippen molar-refractivity contribution in [1.82, 2.24) is 24.6 Å². The molecule has 1 N–H and O–H groups in total. The molecule has 0 aliphatic carbocycles. The van der Waals surface area contributed by atoms with Gasteiger partial charge in [0.05, 0.1) is 0 Å². The maximum atomic E-state index is 12.8. The Labute approximate surface area is 180 Å². The quantitative estimate of drug-likeness (QED) is 0.791. The molecule has 1 saturated heterocycles. The lowest BCUT2D eigenvalue weighted by molar-refractivity contribution is 0.0932. The molecule has 0 spiro atoms. The summed E-state index contributed by atoms with van der Waals surface area (Å²) in [5, 5.41) is 3.14. The minimum Gasteiger partial charge on any atom is -0.349 e. The number of carbonyl (C=O) groups excluding carboxylic acids is 1. The van der Waals surface area contributed by atoms with Crippen molar-refractivity contribution in [3.63, 3.8) is 0 Å². The molecule has 2 aliphatic rings. The Hall–Kier alpha value is -2.15. The van der Waals surface area contributed by atoms with Gasteiger partial charge in [-0.25, -0.2) is 0 Å². The molecule has 1 aromatic heterocycles. The van der Waals surface area contributed by atoms with Gasteiger partial charge in [-0.1, -0.05) is 29.8 Å². The molecular formula is C24H35N5O. The molecule has 6 nitrogen and oxygen atoms in total. The normalized spacial score (nSPS) is 18.4. The lowest BCUT2D eigenvalue weighted by atomic mass is 10.1. The fourth-order valence-corrected chi connectivity index (χ4v) is 4.67. The van der Waals surface area contributed by atoms with Gasteiger partial charge in [0.25, 0.3) is 5.91 Å². The number of aromatic nitrogens is 1. The van der Waals surface area contributed by atoms with E-state index >= 15 is 0 Å². The third-order valence-electron chi connectivity index (χ3n) is 6.54. The second-order valence-electron chi connectivity index (χ2n) is 8.91. The molecule has 0 unspecified atom stereocenters. The Bertz CT molecular complexity index is 882. The van der Waals surface area contributed by atoms with Gasteiger partial charge in [0, 0.05) is 78.1 Å². The predicted molar refractivity (Wildman–Crippen MR) is 121 cm³/mol. The van der Waals surface area contributed by atoms with Crippen molar-refractivity contribution in [3.05, 3.63) is 58.4 Å². The topological polar surface area (TPSA) is 43.8 Å². The molecule has 2 aliphatic heterocycles. The van der Waals surface area contributed by atoms with Crippen LogP contribution in [-0.2, 0) is 26.6 Å². The molecule has 3 heterocycles. The zero-order valence-corrected chi connectivity index (χ0v) is 18.7. The number of carbonyl (C=O) groups is 1. The third-order valence-corrected chi connectivity index (χ3v) is 6.54. The van der Waals surface area contributed by atoms with Crippen LogP contribution in [0.3, 0.4) is 0 Å². The first-order chi connectivity index (χ1) is 14.5. The molecule has 4 rings (SSSR count). The number of aryl methyl sites for hydroxylation is 1. The molecule has 1 fully saturated rings. The SMILES string of the molecule is Cc1cccc(CN2CCc3c(cc(C(=O)NCCN4CCN(C)CC4)n3C)C2)c1. The predicted octanol–water partition coefficient (Wildman–Crippen LogP) is 1.87. The van der Waals surface area contributed by atoms with E-state index in [0.717, 1.165) is 64.5 Å². The van der Waals surface area contributed by atoms with E-state index in [1.165, 1.54) is 22.4 Å². The Morgan fingerprint density at radius 2 is 1.83 bits per heavy atom. The van der Waals surface area contributed by atoms with Crippen LogP contribution in [0.2, 0.25) is 0 Å². The number of amides is 1. The number of nitrogens with zero attached hydrogens (tertiary/aromatic N) is 4. The first kappa shape index (κ1) is 21.1. The Morgan fingerprint density at radius 1 is 1.03 bits per heavy atom. The van der Waals surface area contributed by atoms with E-state index in [4.69, 9.17) is 0 Å². The van der Waals surface area contributed by atoms with Gasteiger partial charge in [-0.05, 0) is 31.2 Å². The van der Waals surface area contributed by atoms with Crippen molar-refractivity contribution in [2.75, 3.05) is 52.9 Å². The van der Waals surface area contributed by atoms with Crippen molar-refractivity contribution in [2.24, 2.45) is 7.05 Å². The molecule has 2 aromatic rings. The highest BCUT2D eigenvalue weighted by Crippen LogP contribution is 2.24. The van der Waals surface area contributed by atoms with Gasteiger partial charge >= 0.3 is 0 Å². The van der Waals surface area contributed by atoms with Gasteiger partial charge in [0.2, 0.25) is 0 Å². The molecule has 30 heavy (non-hydrogen) atoms. The minimum atomic E-state index is 0.0475. The summed E-state index contributed by atoms with van der Waals surface area (Å²) >= 11 is 0. The second-order valence-corrected chi connectivity index (χ2v) is 8.91. The average molecular weight is 410 g/mol. The van der Waals surface area contributed by atoms with Crippen LogP contribution < -0.4 is 5.32 Å². The zero-order chi connectivity index (χ0) is 21.1. The molecule has 0 bridgehead atoms. The number of likely N-dealkylation sites (N-methyl/N-ethyl adjacent to an activating group) is 1. The summed E-state index contributed by atoms with van der Waals surface area (Å²) < 4.78 is 2.10. The number of hydrogen-bond donors (Lipinski definition) is 1. The van der Waals surface area contributed by atoms with Crippen LogP contribution in [-0.4, -0.2) is 78.0 Å². The van der Waals surface area contributed by atoms with E-state index in [1.807, 2.05) is 7.05 Å². The van der Waals surface area contributed by atoms with Crippen LogP contribution in [0, 0.1) is 6.92 Å². The monoisotopic (exact) mass is 409 g/mol. The lowest BCUT2D eigenvalue weighted by Crippen LogP contribution is -2.47. The molecular weight excluding hydrogens is 374 g/mol. The summed E-state index contributed by atoms with van der Waals surface area (Å²) in [7, 11) is 4.20. The molecule has 6 heteroatoms. The third kappa shape index (κ3) is 4.94. The smallest absolute Gasteiger partial charge is 0.267 e. The summed E-state index contributed by atoms with van der Waals surface area (Å²) in [5.41, 5.74) is 6.05. The summed E-state index contributed by atoms with van der Waals surface area (Å²) in [6, 6.07) is 10.8. The molecule has 0 saturated carbocycles. The van der Waals surface area contributed by atoms with Gasteiger partial charge in [-0.15, -0.1) is 0 Å². The standard InChI is InChI=1S/C24H35N5O/c1-19-5-4-6-20(15-19)17-29-9-7-22-21(18-29)16-23(27(22)3)24(30)25-8-10-28-13-11-26(2)12-14-28/h4-6,15-16H,7-14,17-18H2,1-3H3,(H,25,30). The van der Waals surface area contributed by atoms with E-state index < -0.39 is 0 Å². The van der Waals surface area contributed by atoms with E-state index in [1.54, 1.807) is 0 Å². The lowest BCUT2D eigenvalue weighted by Gasteiger charge is -2.32. The summed E-state index contributed by atoms with van der Waals surface area (Å²) in [5.74, 6) is 0.0475. The molecule has 0 atom stereocenters. The Balaban J connectivity index is 1.32. The maximum absolute atomic E-state index is 12.8. The zero-order valence-electron chi connectivity index (χ0n) is 18.7. The number of piperazine rings is 1. The van der Waals surface area contributed by atoms with Crippen LogP contribution in [0.1, 0.15) is 32.9 Å². The van der Waals surface area contributed by atoms with Gasteiger partial charge in [0.1, 0.15) is 5.69 Å². The van der Waals surface area contributed by atoms with Crippen molar-refractivity contribution < 1.29 is 4.79 Å². The summed E-state index contributed by atoms with van der Waals surface area (Å²) in [4.78, 5) is 20.1. The first-order valence-electron chi connectivity index (χ1n) is 11.1. The number of benzene rings is 1. The van der Waals surface area contributed by atoms with Crippen molar-refractivity contribution in [2.45, 2.75) is 26.4 Å². The average Bonchev–Trinajstić information content (AvgIpc) is 3.05. The maximum Gasteiger partial charge on any atom is 0.267 e. The van der Waals surface area contributed by atoms with E-state index in [-0.39, 0.29) is 5.91 Å². The molecule has 162 valence electrons. The Kier molecular flexibility index (Phi) is 6.56. The van der Waals surface area contributed by atoms with Gasteiger partial charge in [0.15, 0.2) is 0 Å². The number of rotatable bonds is 6. The van der Waals surface area contributed by atoms with E-state index in [0.29, 0.717) is 6.54 Å². The van der Waals surface area contributed by atoms with E-state index in [9.17, 15) is 4.79 Å². The first-order valence-corrected chi connectivity index (χ1v) is 11.1. The van der Waals surface area contributed by atoms with Crippen LogP contribution in [0.5, 0.6) is 0 Å². The van der Waals surface area contributed by atoms with Gasteiger partial charge in [-0.3, -0.25) is 14.6 Å². The largest absolute Gasteiger partial charge is 0.349 e. The highest BCUT2D eigenvalue weighted by molar-refractivity contribution is 5.93. The molecule has 0 radical (unpaired) electrons. The molecule has 1 amide bonds. The molecule has 1 aromatic carbocycles. The fraction of sp³-hybridized carbons (Fsp3) is 0.542. The number of nitrogens with one attached hydrogen (secondary N) is 1. The van der Waals surface area contributed by atoms with Gasteiger partial charge in [-0.2, -0.15) is 0 Å². The van der Waals surface area contributed by atoms with E-state index in [2.05, 4.69) is 68.9 Å². The fourth-order valence-electron chi connectivity index (χ4n) is 4.67. The second kappa shape index (κ2) is 9.33. The van der Waals surface area contributed by atoms with Crippen molar-refractivity contribution in [3.8, 4) is 0 Å². The van der Waals surface area contributed by atoms with Crippen LogP contribution >= 0.6 is 0 Å². The Morgan fingerprint density at radius 3 is 2.60 bits per heavy atom. The van der Waals surface area contributed by atoms with Crippen molar-refractivity contribution in [1.29, 1.82) is 0 Å². The van der Waals surface area contributed by atoms with Gasteiger partial charge < -0.3 is 14.8 Å². The summed E-state index contributed by atoms with van der Waals surface area (Å²) in [6.45, 7) is 11.1. The summed E-state index contributed by atoms with van der Waals surface area (Å²) in [6.07, 6.45) is 0.992. The van der Waals surface area contributed by atoms with Crippen LogP contribution in [0.15, 0.2) is 30.3 Å². The van der Waals surface area contributed by atoms with Crippen LogP contribution in [0.4, 0.5) is 0 Å². The highest BCUT2D eigenvalue weighted by atomic mass is 16.1. The van der Waals surface area contributed by atoms with Crippen LogP contribution in [0.25, 0.3) is 0 Å².